The summed E-state index contributed by atoms with van der Waals surface area (Å²) in [5.74, 6) is 0.0232. The molecule has 2 aromatic rings. The third-order valence-corrected chi connectivity index (χ3v) is 5.21. The number of likely N-dealkylation sites (tertiary alicyclic amines) is 1. The summed E-state index contributed by atoms with van der Waals surface area (Å²) < 4.78 is 0. The van der Waals surface area contributed by atoms with Crippen LogP contribution in [0.15, 0.2) is 24.3 Å². The Bertz CT molecular complexity index is 689. The summed E-state index contributed by atoms with van der Waals surface area (Å²) in [4.78, 5) is 20.1. The number of hydrogen-bond acceptors (Lipinski definition) is 4. The first kappa shape index (κ1) is 16.1. The summed E-state index contributed by atoms with van der Waals surface area (Å²) >= 11 is 1.60. The number of anilines is 1. The zero-order chi connectivity index (χ0) is 16.2. The number of thiazole rings is 1. The van der Waals surface area contributed by atoms with Crippen molar-refractivity contribution in [1.82, 2.24) is 9.88 Å². The van der Waals surface area contributed by atoms with E-state index in [1.54, 1.807) is 11.3 Å². The second kappa shape index (κ2) is 7.23. The van der Waals surface area contributed by atoms with Crippen LogP contribution in [-0.2, 0) is 17.8 Å². The third-order valence-electron chi connectivity index (χ3n) is 4.14. The zero-order valence-electron chi connectivity index (χ0n) is 13.8. The van der Waals surface area contributed by atoms with E-state index in [1.807, 2.05) is 26.0 Å². The van der Waals surface area contributed by atoms with Crippen molar-refractivity contribution >= 4 is 22.9 Å². The van der Waals surface area contributed by atoms with Gasteiger partial charge in [0.2, 0.25) is 5.91 Å². The minimum absolute atomic E-state index is 0.0232. The number of nitrogens with one attached hydrogen (secondary N) is 1. The number of hydrogen-bond donors (Lipinski definition) is 1. The van der Waals surface area contributed by atoms with E-state index in [0.717, 1.165) is 27.8 Å². The Labute approximate surface area is 141 Å². The molecule has 4 nitrogen and oxygen atoms in total. The molecule has 0 unspecified atom stereocenters. The largest absolute Gasteiger partial charge is 0.326 e. The molecular formula is C18H23N3OS. The normalized spacial score (nSPS) is 15.0. The quantitative estimate of drug-likeness (QED) is 0.912. The van der Waals surface area contributed by atoms with Crippen LogP contribution in [0, 0.1) is 13.8 Å². The average Bonchev–Trinajstić information content (AvgIpc) is 3.09. The maximum Gasteiger partial charge on any atom is 0.229 e. The second-order valence-electron chi connectivity index (χ2n) is 6.15. The van der Waals surface area contributed by atoms with Crippen molar-refractivity contribution in [2.75, 3.05) is 18.4 Å². The number of benzene rings is 1. The molecule has 1 aromatic heterocycles. The van der Waals surface area contributed by atoms with Gasteiger partial charge in [0, 0.05) is 17.1 Å². The molecule has 1 amide bonds. The van der Waals surface area contributed by atoms with Gasteiger partial charge in [-0.2, -0.15) is 0 Å². The molecular weight excluding hydrogens is 306 g/mol. The second-order valence-corrected chi connectivity index (χ2v) is 7.44. The van der Waals surface area contributed by atoms with Crippen molar-refractivity contribution in [3.63, 3.8) is 0 Å². The molecule has 1 aliphatic rings. The summed E-state index contributed by atoms with van der Waals surface area (Å²) in [6.07, 6.45) is 2.99. The predicted octanol–water partition coefficient (Wildman–Crippen LogP) is 3.54. The lowest BCUT2D eigenvalue weighted by Gasteiger charge is -2.15. The Morgan fingerprint density at radius 3 is 2.78 bits per heavy atom. The SMILES string of the molecule is Cc1nc(C)c(CC(=O)Nc2cccc(CN3CCCC3)c2)s1. The first-order valence-electron chi connectivity index (χ1n) is 8.14. The summed E-state index contributed by atoms with van der Waals surface area (Å²) in [5, 5.41) is 4.03. The van der Waals surface area contributed by atoms with Gasteiger partial charge in [-0.15, -0.1) is 11.3 Å². The van der Waals surface area contributed by atoms with E-state index < -0.39 is 0 Å². The van der Waals surface area contributed by atoms with Gasteiger partial charge in [-0.05, 0) is 57.5 Å². The number of nitrogens with zero attached hydrogens (tertiary/aromatic N) is 2. The van der Waals surface area contributed by atoms with Crippen molar-refractivity contribution in [2.24, 2.45) is 0 Å². The first-order valence-corrected chi connectivity index (χ1v) is 8.96. The Morgan fingerprint density at radius 2 is 2.09 bits per heavy atom. The summed E-state index contributed by atoms with van der Waals surface area (Å²) in [5.41, 5.74) is 3.10. The highest BCUT2D eigenvalue weighted by Gasteiger charge is 2.13. The summed E-state index contributed by atoms with van der Waals surface area (Å²) in [7, 11) is 0. The van der Waals surface area contributed by atoms with Crippen molar-refractivity contribution in [3.05, 3.63) is 45.4 Å². The molecule has 0 radical (unpaired) electrons. The van der Waals surface area contributed by atoms with Crippen LogP contribution in [0.2, 0.25) is 0 Å². The Balaban J connectivity index is 1.60. The van der Waals surface area contributed by atoms with Crippen LogP contribution in [0.1, 0.15) is 34.0 Å². The molecule has 1 aromatic carbocycles. The van der Waals surface area contributed by atoms with E-state index >= 15 is 0 Å². The fraction of sp³-hybridized carbons (Fsp3) is 0.444. The Kier molecular flexibility index (Phi) is 5.08. The minimum atomic E-state index is 0.0232. The third kappa shape index (κ3) is 4.39. The molecule has 0 aliphatic carbocycles. The van der Waals surface area contributed by atoms with Crippen LogP contribution in [-0.4, -0.2) is 28.9 Å². The Morgan fingerprint density at radius 1 is 1.30 bits per heavy atom. The van der Waals surface area contributed by atoms with E-state index in [0.29, 0.717) is 6.42 Å². The predicted molar refractivity (Wildman–Crippen MR) is 94.9 cm³/mol. The topological polar surface area (TPSA) is 45.2 Å². The highest BCUT2D eigenvalue weighted by molar-refractivity contribution is 7.11. The molecule has 1 saturated heterocycles. The van der Waals surface area contributed by atoms with E-state index in [4.69, 9.17) is 0 Å². The van der Waals surface area contributed by atoms with Gasteiger partial charge in [-0.3, -0.25) is 9.69 Å². The van der Waals surface area contributed by atoms with Crippen LogP contribution in [0.4, 0.5) is 5.69 Å². The first-order chi connectivity index (χ1) is 11.1. The van der Waals surface area contributed by atoms with E-state index in [2.05, 4.69) is 27.3 Å². The van der Waals surface area contributed by atoms with Gasteiger partial charge in [0.15, 0.2) is 0 Å². The molecule has 5 heteroatoms. The number of carbonyl (C=O) groups excluding carboxylic acids is 1. The lowest BCUT2D eigenvalue weighted by atomic mass is 10.2. The fourth-order valence-electron chi connectivity index (χ4n) is 3.03. The molecule has 3 rings (SSSR count). The number of aryl methyl sites for hydroxylation is 2. The minimum Gasteiger partial charge on any atom is -0.326 e. The average molecular weight is 329 g/mol. The van der Waals surface area contributed by atoms with Crippen molar-refractivity contribution in [2.45, 2.75) is 39.7 Å². The van der Waals surface area contributed by atoms with Crippen LogP contribution in [0.3, 0.4) is 0 Å². The van der Waals surface area contributed by atoms with Gasteiger partial charge in [0.25, 0.3) is 0 Å². The highest BCUT2D eigenvalue weighted by Crippen LogP contribution is 2.19. The lowest BCUT2D eigenvalue weighted by molar-refractivity contribution is -0.115. The van der Waals surface area contributed by atoms with Gasteiger partial charge in [0.1, 0.15) is 0 Å². The van der Waals surface area contributed by atoms with E-state index in [9.17, 15) is 4.79 Å². The fourth-order valence-corrected chi connectivity index (χ4v) is 3.97. The molecule has 1 aliphatic heterocycles. The van der Waals surface area contributed by atoms with Crippen LogP contribution < -0.4 is 5.32 Å². The standard InChI is InChI=1S/C18H23N3OS/c1-13-17(23-14(2)19-13)11-18(22)20-16-7-5-6-15(10-16)12-21-8-3-4-9-21/h5-7,10H,3-4,8-9,11-12H2,1-2H3,(H,20,22). The number of amides is 1. The molecule has 0 spiro atoms. The zero-order valence-corrected chi connectivity index (χ0v) is 14.6. The summed E-state index contributed by atoms with van der Waals surface area (Å²) in [6.45, 7) is 7.27. The number of rotatable bonds is 5. The van der Waals surface area contributed by atoms with E-state index in [-0.39, 0.29) is 5.91 Å². The smallest absolute Gasteiger partial charge is 0.229 e. The molecule has 0 bridgehead atoms. The molecule has 23 heavy (non-hydrogen) atoms. The van der Waals surface area contributed by atoms with Crippen LogP contribution >= 0.6 is 11.3 Å². The monoisotopic (exact) mass is 329 g/mol. The van der Waals surface area contributed by atoms with Crippen LogP contribution in [0.5, 0.6) is 0 Å². The molecule has 1 fully saturated rings. The molecule has 0 atom stereocenters. The van der Waals surface area contributed by atoms with Gasteiger partial charge >= 0.3 is 0 Å². The molecule has 122 valence electrons. The molecule has 0 saturated carbocycles. The van der Waals surface area contributed by atoms with E-state index in [1.165, 1.54) is 31.5 Å². The van der Waals surface area contributed by atoms with Gasteiger partial charge in [0.05, 0.1) is 17.1 Å². The number of carbonyl (C=O) groups is 1. The van der Waals surface area contributed by atoms with Gasteiger partial charge < -0.3 is 5.32 Å². The Hall–Kier alpha value is -1.72. The van der Waals surface area contributed by atoms with Crippen molar-refractivity contribution in [3.8, 4) is 0 Å². The van der Waals surface area contributed by atoms with Gasteiger partial charge in [-0.1, -0.05) is 12.1 Å². The highest BCUT2D eigenvalue weighted by atomic mass is 32.1. The van der Waals surface area contributed by atoms with Crippen LogP contribution in [0.25, 0.3) is 0 Å². The molecule has 2 heterocycles. The van der Waals surface area contributed by atoms with Crippen molar-refractivity contribution < 1.29 is 4.79 Å². The molecule has 1 N–H and O–H groups in total. The maximum atomic E-state index is 12.3. The number of aromatic nitrogens is 1. The van der Waals surface area contributed by atoms with Gasteiger partial charge in [-0.25, -0.2) is 4.98 Å². The lowest BCUT2D eigenvalue weighted by Crippen LogP contribution is -2.19. The maximum absolute atomic E-state index is 12.3. The van der Waals surface area contributed by atoms with Crippen molar-refractivity contribution in [1.29, 1.82) is 0 Å². The summed E-state index contributed by atoms with van der Waals surface area (Å²) in [6, 6.07) is 8.19.